The predicted octanol–water partition coefficient (Wildman–Crippen LogP) is 2.67. The number of nitrogen functional groups attached to an aromatic ring is 1. The van der Waals surface area contributed by atoms with E-state index in [1.807, 2.05) is 16.9 Å². The van der Waals surface area contributed by atoms with E-state index in [9.17, 15) is 0 Å². The lowest BCUT2D eigenvalue weighted by atomic mass is 10.0. The van der Waals surface area contributed by atoms with E-state index in [0.717, 1.165) is 13.0 Å². The van der Waals surface area contributed by atoms with Crippen molar-refractivity contribution >= 4 is 5.82 Å². The van der Waals surface area contributed by atoms with Crippen LogP contribution in [0.15, 0.2) is 36.5 Å². The van der Waals surface area contributed by atoms with E-state index in [-0.39, 0.29) is 0 Å². The SMILES string of the molecule is C[C](C)Cc1cccc(Cn2ccc(N)n2)c1. The van der Waals surface area contributed by atoms with Gasteiger partial charge in [0.25, 0.3) is 0 Å². The summed E-state index contributed by atoms with van der Waals surface area (Å²) in [7, 11) is 0. The number of anilines is 1. The minimum atomic E-state index is 0.568. The number of aromatic nitrogens is 2. The molecule has 89 valence electrons. The Kier molecular flexibility index (Phi) is 3.47. The van der Waals surface area contributed by atoms with Crippen LogP contribution < -0.4 is 5.73 Å². The average Bonchev–Trinajstić information content (AvgIpc) is 2.63. The third kappa shape index (κ3) is 3.34. The Morgan fingerprint density at radius 3 is 2.65 bits per heavy atom. The predicted molar refractivity (Wildman–Crippen MR) is 70.5 cm³/mol. The van der Waals surface area contributed by atoms with Crippen molar-refractivity contribution in [1.29, 1.82) is 0 Å². The lowest BCUT2D eigenvalue weighted by Crippen LogP contribution is -2.02. The van der Waals surface area contributed by atoms with Gasteiger partial charge in [0, 0.05) is 6.20 Å². The van der Waals surface area contributed by atoms with Crippen LogP contribution in [0.25, 0.3) is 0 Å². The Morgan fingerprint density at radius 1 is 1.24 bits per heavy atom. The van der Waals surface area contributed by atoms with Gasteiger partial charge in [0.2, 0.25) is 0 Å². The molecule has 0 amide bonds. The van der Waals surface area contributed by atoms with Gasteiger partial charge in [-0.2, -0.15) is 5.10 Å². The Bertz CT molecular complexity index is 486. The maximum absolute atomic E-state index is 5.59. The van der Waals surface area contributed by atoms with Crippen LogP contribution >= 0.6 is 0 Å². The first-order valence-corrected chi connectivity index (χ1v) is 5.79. The molecule has 0 bridgehead atoms. The molecule has 0 aliphatic carbocycles. The second-order valence-corrected chi connectivity index (χ2v) is 4.64. The van der Waals surface area contributed by atoms with Crippen LogP contribution in [0.5, 0.6) is 0 Å². The zero-order valence-electron chi connectivity index (χ0n) is 10.4. The largest absolute Gasteiger partial charge is 0.382 e. The lowest BCUT2D eigenvalue weighted by Gasteiger charge is -2.07. The molecule has 0 saturated heterocycles. The van der Waals surface area contributed by atoms with E-state index >= 15 is 0 Å². The van der Waals surface area contributed by atoms with E-state index in [2.05, 4.69) is 43.2 Å². The molecule has 3 heteroatoms. The standard InChI is InChI=1S/C14H18N3/c1-11(2)8-12-4-3-5-13(9-12)10-17-7-6-14(15)16-17/h3-7,9H,8,10H2,1-2H3,(H2,15,16). The second kappa shape index (κ2) is 5.04. The molecule has 17 heavy (non-hydrogen) atoms. The Hall–Kier alpha value is -1.77. The van der Waals surface area contributed by atoms with Crippen LogP contribution in [0.4, 0.5) is 5.82 Å². The van der Waals surface area contributed by atoms with E-state index in [4.69, 9.17) is 5.73 Å². The van der Waals surface area contributed by atoms with Crippen molar-refractivity contribution in [2.75, 3.05) is 5.73 Å². The van der Waals surface area contributed by atoms with Crippen LogP contribution in [0, 0.1) is 5.92 Å². The lowest BCUT2D eigenvalue weighted by molar-refractivity contribution is 0.689. The Balaban J connectivity index is 2.10. The zero-order chi connectivity index (χ0) is 12.3. The fraction of sp³-hybridized carbons (Fsp3) is 0.286. The summed E-state index contributed by atoms with van der Waals surface area (Å²) in [5.74, 6) is 1.99. The van der Waals surface area contributed by atoms with Crippen LogP contribution in [0.2, 0.25) is 0 Å². The van der Waals surface area contributed by atoms with Crippen molar-refractivity contribution in [3.8, 4) is 0 Å². The minimum Gasteiger partial charge on any atom is -0.382 e. The summed E-state index contributed by atoms with van der Waals surface area (Å²) in [5.41, 5.74) is 8.20. The number of hydrogen-bond donors (Lipinski definition) is 1. The van der Waals surface area contributed by atoms with Gasteiger partial charge in [-0.25, -0.2) is 0 Å². The molecule has 0 atom stereocenters. The molecule has 1 radical (unpaired) electrons. The van der Waals surface area contributed by atoms with Crippen LogP contribution in [-0.4, -0.2) is 9.78 Å². The van der Waals surface area contributed by atoms with Gasteiger partial charge in [0.15, 0.2) is 0 Å². The van der Waals surface area contributed by atoms with E-state index in [1.54, 1.807) is 0 Å². The van der Waals surface area contributed by atoms with Gasteiger partial charge in [0.05, 0.1) is 6.54 Å². The highest BCUT2D eigenvalue weighted by molar-refractivity contribution is 5.27. The van der Waals surface area contributed by atoms with Crippen molar-refractivity contribution in [1.82, 2.24) is 9.78 Å². The van der Waals surface area contributed by atoms with Crippen molar-refractivity contribution < 1.29 is 0 Å². The maximum atomic E-state index is 5.59. The Morgan fingerprint density at radius 2 is 2.00 bits per heavy atom. The number of benzene rings is 1. The monoisotopic (exact) mass is 228 g/mol. The first kappa shape index (κ1) is 11.7. The molecular weight excluding hydrogens is 210 g/mol. The first-order chi connectivity index (χ1) is 8.13. The zero-order valence-corrected chi connectivity index (χ0v) is 10.4. The van der Waals surface area contributed by atoms with E-state index < -0.39 is 0 Å². The molecule has 0 aliphatic rings. The molecule has 0 fully saturated rings. The molecular formula is C14H18N3. The molecule has 0 spiro atoms. The molecule has 0 saturated carbocycles. The number of hydrogen-bond acceptors (Lipinski definition) is 2. The quantitative estimate of drug-likeness (QED) is 0.874. The smallest absolute Gasteiger partial charge is 0.145 e. The van der Waals surface area contributed by atoms with Gasteiger partial charge >= 0.3 is 0 Å². The molecule has 1 heterocycles. The fourth-order valence-electron chi connectivity index (χ4n) is 1.90. The summed E-state index contributed by atoms with van der Waals surface area (Å²) >= 11 is 0. The molecule has 2 aromatic rings. The number of nitrogens with two attached hydrogens (primary N) is 1. The summed E-state index contributed by atoms with van der Waals surface area (Å²) in [6.07, 6.45) is 2.94. The topological polar surface area (TPSA) is 43.8 Å². The highest BCUT2D eigenvalue weighted by Crippen LogP contribution is 2.12. The van der Waals surface area contributed by atoms with Gasteiger partial charge in [-0.3, -0.25) is 4.68 Å². The summed E-state index contributed by atoms with van der Waals surface area (Å²) in [6.45, 7) is 5.08. The van der Waals surface area contributed by atoms with E-state index in [0.29, 0.717) is 5.82 Å². The van der Waals surface area contributed by atoms with Crippen LogP contribution in [0.1, 0.15) is 25.0 Å². The third-order valence-electron chi connectivity index (χ3n) is 2.55. The average molecular weight is 228 g/mol. The third-order valence-corrected chi connectivity index (χ3v) is 2.55. The molecule has 1 aromatic heterocycles. The van der Waals surface area contributed by atoms with Gasteiger partial charge < -0.3 is 5.73 Å². The molecule has 0 unspecified atom stereocenters. The fourth-order valence-corrected chi connectivity index (χ4v) is 1.90. The summed E-state index contributed by atoms with van der Waals surface area (Å²) in [5, 5.41) is 4.19. The van der Waals surface area contributed by atoms with Gasteiger partial charge in [-0.05, 0) is 29.5 Å². The van der Waals surface area contributed by atoms with Crippen molar-refractivity contribution in [3.63, 3.8) is 0 Å². The Labute approximate surface area is 102 Å². The normalized spacial score (nSPS) is 11.0. The van der Waals surface area contributed by atoms with Gasteiger partial charge in [-0.1, -0.05) is 38.1 Å². The summed E-state index contributed by atoms with van der Waals surface area (Å²) in [4.78, 5) is 0. The second-order valence-electron chi connectivity index (χ2n) is 4.64. The highest BCUT2D eigenvalue weighted by Gasteiger charge is 2.01. The molecule has 1 aromatic carbocycles. The molecule has 2 N–H and O–H groups in total. The molecule has 2 rings (SSSR count). The van der Waals surface area contributed by atoms with Crippen LogP contribution in [-0.2, 0) is 13.0 Å². The van der Waals surface area contributed by atoms with Crippen LogP contribution in [0.3, 0.4) is 0 Å². The van der Waals surface area contributed by atoms with Crippen molar-refractivity contribution in [3.05, 3.63) is 53.6 Å². The van der Waals surface area contributed by atoms with Crippen molar-refractivity contribution in [2.24, 2.45) is 0 Å². The highest BCUT2D eigenvalue weighted by atomic mass is 15.3. The van der Waals surface area contributed by atoms with E-state index in [1.165, 1.54) is 17.0 Å². The molecule has 3 nitrogen and oxygen atoms in total. The van der Waals surface area contributed by atoms with Gasteiger partial charge in [-0.15, -0.1) is 0 Å². The molecule has 0 aliphatic heterocycles. The summed E-state index contributed by atoms with van der Waals surface area (Å²) in [6, 6.07) is 10.4. The maximum Gasteiger partial charge on any atom is 0.145 e. The number of nitrogens with zero attached hydrogens (tertiary/aromatic N) is 2. The van der Waals surface area contributed by atoms with Crippen molar-refractivity contribution in [2.45, 2.75) is 26.8 Å². The minimum absolute atomic E-state index is 0.568. The number of rotatable bonds is 4. The first-order valence-electron chi connectivity index (χ1n) is 5.79. The summed E-state index contributed by atoms with van der Waals surface area (Å²) < 4.78 is 1.86. The van der Waals surface area contributed by atoms with Gasteiger partial charge in [0.1, 0.15) is 5.82 Å².